The van der Waals surface area contributed by atoms with Crippen molar-refractivity contribution in [1.29, 1.82) is 0 Å². The van der Waals surface area contributed by atoms with Gasteiger partial charge in [-0.15, -0.1) is 0 Å². The molecule has 0 bridgehead atoms. The topological polar surface area (TPSA) is 73.4 Å². The maximum absolute atomic E-state index is 12.7. The van der Waals surface area contributed by atoms with Gasteiger partial charge in [0.2, 0.25) is 0 Å². The highest BCUT2D eigenvalue weighted by molar-refractivity contribution is 6.03. The summed E-state index contributed by atoms with van der Waals surface area (Å²) in [6, 6.07) is 7.78. The summed E-state index contributed by atoms with van der Waals surface area (Å²) in [6.07, 6.45) is 0. The Kier molecular flexibility index (Phi) is 7.75. The number of nitrogens with one attached hydrogen (secondary N) is 2. The molecule has 1 amide bonds. The lowest BCUT2D eigenvalue weighted by molar-refractivity contribution is 0.102. The normalized spacial score (nSPS) is 10.8. The zero-order valence-electron chi connectivity index (χ0n) is 17.8. The van der Waals surface area contributed by atoms with Gasteiger partial charge in [-0.25, -0.2) is 9.97 Å². The largest absolute Gasteiger partial charge is 0.372 e. The number of hydrogen-bond donors (Lipinski definition) is 2. The monoisotopic (exact) mass is 384 g/mol. The van der Waals surface area contributed by atoms with Crippen LogP contribution >= 0.6 is 0 Å². The fourth-order valence-electron chi connectivity index (χ4n) is 2.94. The first-order valence-corrected chi connectivity index (χ1v) is 9.75. The molecule has 0 saturated carbocycles. The van der Waals surface area contributed by atoms with Gasteiger partial charge in [0, 0.05) is 43.6 Å². The zero-order valence-corrected chi connectivity index (χ0v) is 17.8. The van der Waals surface area contributed by atoms with Crippen LogP contribution in [0.15, 0.2) is 24.3 Å². The lowest BCUT2D eigenvalue weighted by Crippen LogP contribution is -2.22. The highest BCUT2D eigenvalue weighted by Crippen LogP contribution is 2.23. The number of carbonyl (C=O) groups excluding carboxylic acids is 1. The van der Waals surface area contributed by atoms with E-state index >= 15 is 0 Å². The van der Waals surface area contributed by atoms with Crippen molar-refractivity contribution < 1.29 is 4.79 Å². The average Bonchev–Trinajstić information content (AvgIpc) is 2.64. The number of carbonyl (C=O) groups is 1. The standard InChI is InChI=1S/C21H32N6O/c1-7-27(8-2)17-9-10-18(15(3)13-17)25-21(28)19-14-20(24-16(4)23-19)22-11-12-26(5)6/h9-10,13-14H,7-8,11-12H2,1-6H3,(H,25,28)(H,22,23,24). The molecule has 0 aliphatic carbocycles. The van der Waals surface area contributed by atoms with Gasteiger partial charge in [-0.3, -0.25) is 4.79 Å². The van der Waals surface area contributed by atoms with Gasteiger partial charge in [0.15, 0.2) is 0 Å². The Balaban J connectivity index is 2.13. The number of hydrogen-bond acceptors (Lipinski definition) is 6. The molecule has 0 spiro atoms. The van der Waals surface area contributed by atoms with Crippen molar-refractivity contribution in [3.8, 4) is 0 Å². The maximum atomic E-state index is 12.7. The van der Waals surface area contributed by atoms with Gasteiger partial charge in [-0.05, 0) is 65.6 Å². The minimum Gasteiger partial charge on any atom is -0.372 e. The van der Waals surface area contributed by atoms with Crippen molar-refractivity contribution in [2.45, 2.75) is 27.7 Å². The second kappa shape index (κ2) is 10.0. The fourth-order valence-corrected chi connectivity index (χ4v) is 2.94. The number of rotatable bonds is 9. The quantitative estimate of drug-likeness (QED) is 0.692. The van der Waals surface area contributed by atoms with E-state index in [9.17, 15) is 4.79 Å². The number of likely N-dealkylation sites (N-methyl/N-ethyl adjacent to an activating group) is 1. The second-order valence-electron chi connectivity index (χ2n) is 7.04. The van der Waals surface area contributed by atoms with Crippen LogP contribution in [-0.2, 0) is 0 Å². The first kappa shape index (κ1) is 21.6. The van der Waals surface area contributed by atoms with Crippen LogP contribution < -0.4 is 15.5 Å². The lowest BCUT2D eigenvalue weighted by Gasteiger charge is -2.22. The average molecular weight is 385 g/mol. The number of aromatic nitrogens is 2. The minimum atomic E-state index is -0.236. The molecular weight excluding hydrogens is 352 g/mol. The lowest BCUT2D eigenvalue weighted by atomic mass is 10.1. The SMILES string of the molecule is CCN(CC)c1ccc(NC(=O)c2cc(NCCN(C)C)nc(C)n2)c(C)c1. The first-order valence-electron chi connectivity index (χ1n) is 9.75. The molecule has 0 unspecified atom stereocenters. The predicted molar refractivity (Wildman–Crippen MR) is 117 cm³/mol. The van der Waals surface area contributed by atoms with Crippen molar-refractivity contribution in [2.75, 3.05) is 55.8 Å². The van der Waals surface area contributed by atoms with Crippen molar-refractivity contribution in [2.24, 2.45) is 0 Å². The van der Waals surface area contributed by atoms with Gasteiger partial charge in [0.05, 0.1) is 0 Å². The van der Waals surface area contributed by atoms with Crippen molar-refractivity contribution >= 4 is 23.1 Å². The van der Waals surface area contributed by atoms with E-state index in [2.05, 4.69) is 50.3 Å². The molecular formula is C21H32N6O. The van der Waals surface area contributed by atoms with Crippen LogP contribution in [0, 0.1) is 13.8 Å². The van der Waals surface area contributed by atoms with Gasteiger partial charge < -0.3 is 20.4 Å². The molecule has 0 aliphatic heterocycles. The molecule has 7 heteroatoms. The predicted octanol–water partition coefficient (Wildman–Crippen LogP) is 3.17. The van der Waals surface area contributed by atoms with Gasteiger partial charge in [0.1, 0.15) is 17.3 Å². The van der Waals surface area contributed by atoms with Gasteiger partial charge >= 0.3 is 0 Å². The highest BCUT2D eigenvalue weighted by atomic mass is 16.1. The number of anilines is 3. The molecule has 2 rings (SSSR count). The summed E-state index contributed by atoms with van der Waals surface area (Å²) in [4.78, 5) is 25.7. The summed E-state index contributed by atoms with van der Waals surface area (Å²) in [7, 11) is 4.03. The third-order valence-corrected chi connectivity index (χ3v) is 4.52. The summed E-state index contributed by atoms with van der Waals surface area (Å²) in [5.41, 5.74) is 3.32. The Morgan fingerprint density at radius 1 is 1.07 bits per heavy atom. The summed E-state index contributed by atoms with van der Waals surface area (Å²) in [6.45, 7) is 11.6. The van der Waals surface area contributed by atoms with E-state index in [0.717, 1.165) is 43.1 Å². The summed E-state index contributed by atoms with van der Waals surface area (Å²) >= 11 is 0. The zero-order chi connectivity index (χ0) is 20.7. The molecule has 2 N–H and O–H groups in total. The van der Waals surface area contributed by atoms with E-state index in [1.54, 1.807) is 13.0 Å². The number of benzene rings is 1. The number of nitrogens with zero attached hydrogens (tertiary/aromatic N) is 4. The van der Waals surface area contributed by atoms with Crippen molar-refractivity contribution in [1.82, 2.24) is 14.9 Å². The van der Waals surface area contributed by atoms with Crippen LogP contribution in [0.2, 0.25) is 0 Å². The van der Waals surface area contributed by atoms with Gasteiger partial charge in [-0.2, -0.15) is 0 Å². The molecule has 152 valence electrons. The summed E-state index contributed by atoms with van der Waals surface area (Å²) in [5, 5.41) is 6.22. The molecule has 2 aromatic rings. The third-order valence-electron chi connectivity index (χ3n) is 4.52. The molecule has 1 aromatic heterocycles. The molecule has 7 nitrogen and oxygen atoms in total. The van der Waals surface area contributed by atoms with Crippen LogP contribution in [-0.4, -0.2) is 61.0 Å². The Morgan fingerprint density at radius 2 is 1.79 bits per heavy atom. The van der Waals surface area contributed by atoms with E-state index in [1.807, 2.05) is 33.2 Å². The molecule has 0 radical (unpaired) electrons. The summed E-state index contributed by atoms with van der Waals surface area (Å²) < 4.78 is 0. The summed E-state index contributed by atoms with van der Waals surface area (Å²) in [5.74, 6) is 0.988. The van der Waals surface area contributed by atoms with Crippen molar-refractivity contribution in [3.05, 3.63) is 41.3 Å². The van der Waals surface area contributed by atoms with Crippen LogP contribution in [0.5, 0.6) is 0 Å². The molecule has 0 aliphatic rings. The minimum absolute atomic E-state index is 0.236. The number of aryl methyl sites for hydroxylation is 2. The molecule has 0 fully saturated rings. The van der Waals surface area contributed by atoms with Crippen LogP contribution in [0.4, 0.5) is 17.2 Å². The van der Waals surface area contributed by atoms with Crippen LogP contribution in [0.1, 0.15) is 35.7 Å². The molecule has 1 aromatic carbocycles. The van der Waals surface area contributed by atoms with E-state index < -0.39 is 0 Å². The molecule has 0 atom stereocenters. The maximum Gasteiger partial charge on any atom is 0.274 e. The first-order chi connectivity index (χ1) is 13.3. The third kappa shape index (κ3) is 5.92. The Hall–Kier alpha value is -2.67. The Morgan fingerprint density at radius 3 is 2.39 bits per heavy atom. The van der Waals surface area contributed by atoms with E-state index in [1.165, 1.54) is 0 Å². The Labute approximate surface area is 168 Å². The second-order valence-corrected chi connectivity index (χ2v) is 7.04. The van der Waals surface area contributed by atoms with Crippen LogP contribution in [0.3, 0.4) is 0 Å². The smallest absolute Gasteiger partial charge is 0.274 e. The molecule has 0 saturated heterocycles. The number of amides is 1. The highest BCUT2D eigenvalue weighted by Gasteiger charge is 2.13. The van der Waals surface area contributed by atoms with Crippen molar-refractivity contribution in [3.63, 3.8) is 0 Å². The molecule has 28 heavy (non-hydrogen) atoms. The van der Waals surface area contributed by atoms with Gasteiger partial charge in [0.25, 0.3) is 5.91 Å². The van der Waals surface area contributed by atoms with E-state index in [4.69, 9.17) is 0 Å². The van der Waals surface area contributed by atoms with Gasteiger partial charge in [-0.1, -0.05) is 0 Å². The Bertz CT molecular complexity index is 801. The molecule has 1 heterocycles. The van der Waals surface area contributed by atoms with Crippen LogP contribution in [0.25, 0.3) is 0 Å². The van der Waals surface area contributed by atoms with E-state index in [-0.39, 0.29) is 5.91 Å². The van der Waals surface area contributed by atoms with E-state index in [0.29, 0.717) is 17.3 Å². The fraction of sp³-hybridized carbons (Fsp3) is 0.476.